The van der Waals surface area contributed by atoms with E-state index in [1.54, 1.807) is 0 Å². The minimum absolute atomic E-state index is 0.782. The Morgan fingerprint density at radius 1 is 0.630 bits per heavy atom. The van der Waals surface area contributed by atoms with Crippen molar-refractivity contribution >= 4 is 0 Å². The summed E-state index contributed by atoms with van der Waals surface area (Å²) in [6, 6.07) is 0. The maximum absolute atomic E-state index is 5.79. The highest BCUT2D eigenvalue weighted by Crippen LogP contribution is 2.33. The van der Waals surface area contributed by atoms with Crippen molar-refractivity contribution in [1.82, 2.24) is 0 Å². The third-order valence-corrected chi connectivity index (χ3v) is 6.96. The zero-order valence-electron chi connectivity index (χ0n) is 18.3. The molecule has 2 aliphatic carbocycles. The molecule has 0 aliphatic heterocycles. The molecule has 0 spiro atoms. The fourth-order valence-corrected chi connectivity index (χ4v) is 5.02. The van der Waals surface area contributed by atoms with Crippen molar-refractivity contribution in [3.63, 3.8) is 0 Å². The monoisotopic (exact) mass is 374 g/mol. The Labute approximate surface area is 170 Å². The van der Waals surface area contributed by atoms with Crippen LogP contribution >= 0.6 is 0 Å². The molecule has 0 bridgehead atoms. The predicted molar refractivity (Wildman–Crippen MR) is 119 cm³/mol. The van der Waals surface area contributed by atoms with E-state index in [1.165, 1.54) is 89.9 Å². The van der Waals surface area contributed by atoms with Crippen LogP contribution in [0.25, 0.3) is 0 Å². The minimum atomic E-state index is 0.782. The molecule has 0 N–H and O–H groups in total. The average molecular weight is 375 g/mol. The van der Waals surface area contributed by atoms with Crippen LogP contribution in [-0.4, -0.2) is 13.2 Å². The second-order valence-electron chi connectivity index (χ2n) is 9.24. The number of unbranched alkanes of at least 4 members (excludes halogenated alkanes) is 2. The lowest BCUT2D eigenvalue weighted by atomic mass is 9.80. The van der Waals surface area contributed by atoms with Gasteiger partial charge in [0.05, 0.1) is 13.2 Å². The normalized spacial score (nSPS) is 29.7. The SMILES string of the molecule is CCCC[C@H]1CC[C@H](/C=C/COC/C=C/[C@H]2CC[C@H](CCCC)CC2)CC1. The van der Waals surface area contributed by atoms with Gasteiger partial charge in [-0.25, -0.2) is 0 Å². The van der Waals surface area contributed by atoms with E-state index in [-0.39, 0.29) is 0 Å². The number of ether oxygens (including phenoxy) is 1. The van der Waals surface area contributed by atoms with Crippen LogP contribution in [0.4, 0.5) is 0 Å². The van der Waals surface area contributed by atoms with Gasteiger partial charge in [-0.15, -0.1) is 0 Å². The fourth-order valence-electron chi connectivity index (χ4n) is 5.02. The van der Waals surface area contributed by atoms with Gasteiger partial charge < -0.3 is 4.74 Å². The summed E-state index contributed by atoms with van der Waals surface area (Å²) in [7, 11) is 0. The van der Waals surface area contributed by atoms with Crippen molar-refractivity contribution in [2.75, 3.05) is 13.2 Å². The molecule has 2 rings (SSSR count). The number of hydrogen-bond donors (Lipinski definition) is 0. The largest absolute Gasteiger partial charge is 0.373 e. The summed E-state index contributed by atoms with van der Waals surface area (Å²) in [5.41, 5.74) is 0. The summed E-state index contributed by atoms with van der Waals surface area (Å²) in [5, 5.41) is 0. The van der Waals surface area contributed by atoms with E-state index in [0.717, 1.165) is 36.9 Å². The lowest BCUT2D eigenvalue weighted by Crippen LogP contribution is -2.13. The van der Waals surface area contributed by atoms with E-state index in [0.29, 0.717) is 0 Å². The molecule has 0 aromatic rings. The van der Waals surface area contributed by atoms with Gasteiger partial charge in [-0.1, -0.05) is 76.7 Å². The van der Waals surface area contributed by atoms with Crippen molar-refractivity contribution in [2.24, 2.45) is 23.7 Å². The van der Waals surface area contributed by atoms with Crippen LogP contribution in [0, 0.1) is 23.7 Å². The Balaban J connectivity index is 1.46. The zero-order valence-corrected chi connectivity index (χ0v) is 18.3. The van der Waals surface area contributed by atoms with Crippen LogP contribution in [0.2, 0.25) is 0 Å². The molecule has 1 nitrogen and oxygen atoms in total. The van der Waals surface area contributed by atoms with Gasteiger partial charge in [0, 0.05) is 0 Å². The molecule has 2 aliphatic rings. The van der Waals surface area contributed by atoms with Crippen molar-refractivity contribution in [1.29, 1.82) is 0 Å². The molecule has 0 unspecified atom stereocenters. The van der Waals surface area contributed by atoms with Gasteiger partial charge in [-0.05, 0) is 75.0 Å². The lowest BCUT2D eigenvalue weighted by molar-refractivity contribution is 0.192. The Kier molecular flexibility index (Phi) is 12.2. The maximum Gasteiger partial charge on any atom is 0.0651 e. The van der Waals surface area contributed by atoms with Crippen molar-refractivity contribution in [2.45, 2.75) is 104 Å². The van der Waals surface area contributed by atoms with E-state index in [9.17, 15) is 0 Å². The van der Waals surface area contributed by atoms with E-state index in [1.807, 2.05) is 0 Å². The number of rotatable bonds is 12. The van der Waals surface area contributed by atoms with Gasteiger partial charge in [0.2, 0.25) is 0 Å². The standard InChI is InChI=1S/C26H46O/c1-3-5-9-23-13-17-25(18-14-23)11-7-21-27-22-8-12-26-19-15-24(16-20-26)10-6-4-2/h7-8,11-12,23-26H,3-6,9-10,13-22H2,1-2H3/b11-7+,12-8+/t23-,24-,25-,26-. The summed E-state index contributed by atoms with van der Waals surface area (Å²) >= 11 is 0. The van der Waals surface area contributed by atoms with E-state index < -0.39 is 0 Å². The lowest BCUT2D eigenvalue weighted by Gasteiger charge is -2.26. The smallest absolute Gasteiger partial charge is 0.0651 e. The highest BCUT2D eigenvalue weighted by atomic mass is 16.5. The molecule has 0 heterocycles. The topological polar surface area (TPSA) is 9.23 Å². The van der Waals surface area contributed by atoms with E-state index in [4.69, 9.17) is 4.74 Å². The summed E-state index contributed by atoms with van der Waals surface area (Å²) in [6.45, 7) is 6.18. The number of allylic oxidation sites excluding steroid dienone is 2. The summed E-state index contributed by atoms with van der Waals surface area (Å²) in [4.78, 5) is 0. The van der Waals surface area contributed by atoms with Gasteiger partial charge >= 0.3 is 0 Å². The molecule has 0 atom stereocenters. The van der Waals surface area contributed by atoms with Crippen molar-refractivity contribution in [3.8, 4) is 0 Å². The first-order valence-electron chi connectivity index (χ1n) is 12.2. The first kappa shape index (κ1) is 22.7. The average Bonchev–Trinajstić information content (AvgIpc) is 2.71. The van der Waals surface area contributed by atoms with Crippen LogP contribution in [-0.2, 0) is 4.74 Å². The van der Waals surface area contributed by atoms with Crippen LogP contribution < -0.4 is 0 Å². The van der Waals surface area contributed by atoms with Crippen LogP contribution in [0.15, 0.2) is 24.3 Å². The molecule has 0 radical (unpaired) electrons. The van der Waals surface area contributed by atoms with Gasteiger partial charge in [0.1, 0.15) is 0 Å². The van der Waals surface area contributed by atoms with Gasteiger partial charge in [0.15, 0.2) is 0 Å². The molecule has 2 fully saturated rings. The van der Waals surface area contributed by atoms with E-state index >= 15 is 0 Å². The molecule has 0 amide bonds. The van der Waals surface area contributed by atoms with Gasteiger partial charge in [-0.3, -0.25) is 0 Å². The maximum atomic E-state index is 5.79. The molecule has 0 aromatic heterocycles. The summed E-state index contributed by atoms with van der Waals surface area (Å²) in [6.07, 6.45) is 29.2. The fraction of sp³-hybridized carbons (Fsp3) is 0.846. The second kappa shape index (κ2) is 14.4. The summed E-state index contributed by atoms with van der Waals surface area (Å²) in [5.74, 6) is 3.64. The van der Waals surface area contributed by atoms with Crippen molar-refractivity contribution in [3.05, 3.63) is 24.3 Å². The van der Waals surface area contributed by atoms with Gasteiger partial charge in [0.25, 0.3) is 0 Å². The third-order valence-electron chi connectivity index (χ3n) is 6.96. The first-order chi connectivity index (χ1) is 13.3. The highest BCUT2D eigenvalue weighted by molar-refractivity contribution is 4.93. The second-order valence-corrected chi connectivity index (χ2v) is 9.24. The summed E-state index contributed by atoms with van der Waals surface area (Å²) < 4.78 is 5.79. The number of hydrogen-bond acceptors (Lipinski definition) is 1. The Hall–Kier alpha value is -0.560. The van der Waals surface area contributed by atoms with Crippen LogP contribution in [0.1, 0.15) is 104 Å². The molecule has 27 heavy (non-hydrogen) atoms. The van der Waals surface area contributed by atoms with Crippen molar-refractivity contribution < 1.29 is 4.74 Å². The third kappa shape index (κ3) is 9.97. The Morgan fingerprint density at radius 2 is 1.04 bits per heavy atom. The van der Waals surface area contributed by atoms with Crippen LogP contribution in [0.3, 0.4) is 0 Å². The minimum Gasteiger partial charge on any atom is -0.373 e. The first-order valence-corrected chi connectivity index (χ1v) is 12.2. The molecule has 1 heteroatoms. The van der Waals surface area contributed by atoms with E-state index in [2.05, 4.69) is 38.2 Å². The van der Waals surface area contributed by atoms with Gasteiger partial charge in [-0.2, -0.15) is 0 Å². The molecule has 156 valence electrons. The molecular weight excluding hydrogens is 328 g/mol. The predicted octanol–water partition coefficient (Wildman–Crippen LogP) is 8.11. The quantitative estimate of drug-likeness (QED) is 0.247. The Morgan fingerprint density at radius 3 is 1.41 bits per heavy atom. The molecule has 0 aromatic carbocycles. The molecule has 0 saturated heterocycles. The zero-order chi connectivity index (χ0) is 19.2. The van der Waals surface area contributed by atoms with Crippen LogP contribution in [0.5, 0.6) is 0 Å². The molecular formula is C26H46O. The highest BCUT2D eigenvalue weighted by Gasteiger charge is 2.19. The molecule has 2 saturated carbocycles. The Bertz CT molecular complexity index is 356.